The standard InChI is InChI=1S/C16H22FN3O3.2ClH/c17-13-1-3-14(4-2-13)19-6-8-20(9-7-19)16(21)23-12-15-11-18-5-10-22-15;;/h1-4,15,18H,5-12H2;2*1H. The second-order valence-electron chi connectivity index (χ2n) is 5.72. The highest BCUT2D eigenvalue weighted by molar-refractivity contribution is 5.85. The summed E-state index contributed by atoms with van der Waals surface area (Å²) in [5.41, 5.74) is 0.973. The number of morpholine rings is 1. The third-order valence-corrected chi connectivity index (χ3v) is 4.13. The van der Waals surface area contributed by atoms with Crippen LogP contribution in [0.4, 0.5) is 14.9 Å². The first-order chi connectivity index (χ1) is 11.2. The van der Waals surface area contributed by atoms with Gasteiger partial charge >= 0.3 is 6.09 Å². The van der Waals surface area contributed by atoms with Crippen molar-refractivity contribution in [2.75, 3.05) is 57.4 Å². The van der Waals surface area contributed by atoms with E-state index in [9.17, 15) is 9.18 Å². The lowest BCUT2D eigenvalue weighted by Crippen LogP contribution is -2.49. The van der Waals surface area contributed by atoms with Gasteiger partial charge in [-0.3, -0.25) is 0 Å². The van der Waals surface area contributed by atoms with Gasteiger partial charge in [-0.15, -0.1) is 24.8 Å². The molecule has 1 aromatic rings. The molecule has 142 valence electrons. The van der Waals surface area contributed by atoms with Gasteiger partial charge in [0.2, 0.25) is 0 Å². The maximum absolute atomic E-state index is 13.0. The number of rotatable bonds is 3. The summed E-state index contributed by atoms with van der Waals surface area (Å²) in [4.78, 5) is 15.9. The van der Waals surface area contributed by atoms with Crippen LogP contribution in [0.25, 0.3) is 0 Å². The summed E-state index contributed by atoms with van der Waals surface area (Å²) in [6.07, 6.45) is -0.355. The van der Waals surface area contributed by atoms with Crippen molar-refractivity contribution in [3.8, 4) is 0 Å². The highest BCUT2D eigenvalue weighted by Gasteiger charge is 2.24. The predicted octanol–water partition coefficient (Wildman–Crippen LogP) is 1.92. The fraction of sp³-hybridized carbons (Fsp3) is 0.562. The summed E-state index contributed by atoms with van der Waals surface area (Å²) in [5.74, 6) is -0.240. The molecule has 0 spiro atoms. The number of benzene rings is 1. The molecule has 1 amide bonds. The lowest BCUT2D eigenvalue weighted by molar-refractivity contribution is -0.0186. The van der Waals surface area contributed by atoms with Crippen molar-refractivity contribution in [3.63, 3.8) is 0 Å². The van der Waals surface area contributed by atoms with Gasteiger partial charge in [-0.25, -0.2) is 9.18 Å². The third kappa shape index (κ3) is 6.18. The SMILES string of the molecule is Cl.Cl.O=C(OCC1CNCCO1)N1CCN(c2ccc(F)cc2)CC1. The third-order valence-electron chi connectivity index (χ3n) is 4.13. The maximum Gasteiger partial charge on any atom is 0.409 e. The number of hydrogen-bond acceptors (Lipinski definition) is 5. The van der Waals surface area contributed by atoms with E-state index in [1.54, 1.807) is 17.0 Å². The summed E-state index contributed by atoms with van der Waals surface area (Å²) in [7, 11) is 0. The lowest BCUT2D eigenvalue weighted by atomic mass is 10.2. The summed E-state index contributed by atoms with van der Waals surface area (Å²) in [5, 5.41) is 3.20. The second kappa shape index (κ2) is 10.7. The fourth-order valence-electron chi connectivity index (χ4n) is 2.78. The van der Waals surface area contributed by atoms with Crippen LogP contribution in [0.15, 0.2) is 24.3 Å². The van der Waals surface area contributed by atoms with Crippen LogP contribution in [0.1, 0.15) is 0 Å². The molecule has 25 heavy (non-hydrogen) atoms. The number of piperazine rings is 1. The Labute approximate surface area is 159 Å². The topological polar surface area (TPSA) is 54.0 Å². The molecule has 0 aliphatic carbocycles. The van der Waals surface area contributed by atoms with Gasteiger partial charge in [0.15, 0.2) is 0 Å². The normalized spacial score (nSPS) is 20.3. The minimum Gasteiger partial charge on any atom is -0.447 e. The maximum atomic E-state index is 13.0. The largest absolute Gasteiger partial charge is 0.447 e. The van der Waals surface area contributed by atoms with Crippen LogP contribution in [-0.2, 0) is 9.47 Å². The Morgan fingerprint density at radius 2 is 1.88 bits per heavy atom. The van der Waals surface area contributed by atoms with E-state index in [2.05, 4.69) is 10.2 Å². The molecule has 1 N–H and O–H groups in total. The Hall–Kier alpha value is -1.28. The minimum atomic E-state index is -0.294. The van der Waals surface area contributed by atoms with Crippen molar-refractivity contribution in [3.05, 3.63) is 30.1 Å². The first-order valence-corrected chi connectivity index (χ1v) is 7.97. The van der Waals surface area contributed by atoms with Crippen LogP contribution in [-0.4, -0.2) is 69.6 Å². The number of carbonyl (C=O) groups excluding carboxylic acids is 1. The molecule has 2 fully saturated rings. The summed E-state index contributed by atoms with van der Waals surface area (Å²) in [6, 6.07) is 6.43. The Morgan fingerprint density at radius 3 is 2.48 bits per heavy atom. The number of nitrogens with one attached hydrogen (secondary N) is 1. The Bertz CT molecular complexity index is 522. The van der Waals surface area contributed by atoms with E-state index in [-0.39, 0.29) is 49.4 Å². The number of amides is 1. The molecule has 0 radical (unpaired) electrons. The van der Waals surface area contributed by atoms with Crippen molar-refractivity contribution in [1.29, 1.82) is 0 Å². The zero-order valence-electron chi connectivity index (χ0n) is 13.9. The molecule has 0 saturated carbocycles. The van der Waals surface area contributed by atoms with Crippen molar-refractivity contribution >= 4 is 36.6 Å². The number of halogens is 3. The van der Waals surface area contributed by atoms with Gasteiger partial charge in [0.25, 0.3) is 0 Å². The molecule has 2 aliphatic rings. The zero-order chi connectivity index (χ0) is 16.1. The van der Waals surface area contributed by atoms with Gasteiger partial charge in [-0.2, -0.15) is 0 Å². The first-order valence-electron chi connectivity index (χ1n) is 7.97. The highest BCUT2D eigenvalue weighted by atomic mass is 35.5. The molecule has 1 atom stereocenters. The van der Waals surface area contributed by atoms with Gasteiger partial charge in [0.05, 0.1) is 6.61 Å². The smallest absolute Gasteiger partial charge is 0.409 e. The van der Waals surface area contributed by atoms with E-state index < -0.39 is 0 Å². The molecule has 3 rings (SSSR count). The van der Waals surface area contributed by atoms with Crippen molar-refractivity contribution in [2.45, 2.75) is 6.10 Å². The highest BCUT2D eigenvalue weighted by Crippen LogP contribution is 2.17. The van der Waals surface area contributed by atoms with E-state index in [0.717, 1.165) is 12.2 Å². The fourth-order valence-corrected chi connectivity index (χ4v) is 2.78. The van der Waals surface area contributed by atoms with E-state index >= 15 is 0 Å². The average molecular weight is 396 g/mol. The molecule has 9 heteroatoms. The average Bonchev–Trinajstić information content (AvgIpc) is 2.61. The number of anilines is 1. The Morgan fingerprint density at radius 1 is 1.20 bits per heavy atom. The molecule has 1 aromatic carbocycles. The monoisotopic (exact) mass is 395 g/mol. The zero-order valence-corrected chi connectivity index (χ0v) is 15.5. The molecule has 0 aromatic heterocycles. The number of nitrogens with zero attached hydrogens (tertiary/aromatic N) is 2. The molecule has 0 bridgehead atoms. The van der Waals surface area contributed by atoms with Gasteiger partial charge in [-0.1, -0.05) is 0 Å². The van der Waals surface area contributed by atoms with E-state index in [1.807, 2.05) is 0 Å². The summed E-state index contributed by atoms with van der Waals surface area (Å²) >= 11 is 0. The van der Waals surface area contributed by atoms with E-state index in [1.165, 1.54) is 12.1 Å². The van der Waals surface area contributed by atoms with Crippen LogP contribution in [0.2, 0.25) is 0 Å². The van der Waals surface area contributed by atoms with Crippen LogP contribution < -0.4 is 10.2 Å². The second-order valence-corrected chi connectivity index (χ2v) is 5.72. The summed E-state index contributed by atoms with van der Waals surface area (Å²) < 4.78 is 23.8. The van der Waals surface area contributed by atoms with Gasteiger partial charge < -0.3 is 24.6 Å². The van der Waals surface area contributed by atoms with Gasteiger partial charge in [0.1, 0.15) is 18.5 Å². The van der Waals surface area contributed by atoms with Crippen LogP contribution >= 0.6 is 24.8 Å². The molecule has 2 saturated heterocycles. The first kappa shape index (κ1) is 21.8. The van der Waals surface area contributed by atoms with Crippen molar-refractivity contribution < 1.29 is 18.7 Å². The molecule has 6 nitrogen and oxygen atoms in total. The molecular formula is C16H24Cl2FN3O3. The quantitative estimate of drug-likeness (QED) is 0.846. The van der Waals surface area contributed by atoms with Crippen LogP contribution in [0, 0.1) is 5.82 Å². The van der Waals surface area contributed by atoms with Crippen molar-refractivity contribution in [2.24, 2.45) is 0 Å². The molecule has 1 unspecified atom stereocenters. The number of hydrogen-bond donors (Lipinski definition) is 1. The lowest BCUT2D eigenvalue weighted by Gasteiger charge is -2.35. The molecule has 2 aliphatic heterocycles. The van der Waals surface area contributed by atoms with Gasteiger partial charge in [0, 0.05) is 45.0 Å². The Kier molecular flexibility index (Phi) is 9.27. The van der Waals surface area contributed by atoms with Crippen LogP contribution in [0.5, 0.6) is 0 Å². The Balaban J connectivity index is 0.00000156. The predicted molar refractivity (Wildman–Crippen MR) is 98.6 cm³/mol. The number of ether oxygens (including phenoxy) is 2. The van der Waals surface area contributed by atoms with Crippen LogP contribution in [0.3, 0.4) is 0 Å². The number of carbonyl (C=O) groups is 1. The minimum absolute atomic E-state index is 0. The molecule has 2 heterocycles. The van der Waals surface area contributed by atoms with Gasteiger partial charge in [-0.05, 0) is 24.3 Å². The molecular weight excluding hydrogens is 372 g/mol. The van der Waals surface area contributed by atoms with Crippen molar-refractivity contribution in [1.82, 2.24) is 10.2 Å². The van der Waals surface area contributed by atoms with E-state index in [0.29, 0.717) is 39.3 Å². The summed E-state index contributed by atoms with van der Waals surface area (Å²) in [6.45, 7) is 5.11. The van der Waals surface area contributed by atoms with E-state index in [4.69, 9.17) is 9.47 Å².